The molecule has 0 heterocycles. The molecule has 14 heavy (non-hydrogen) atoms. The Balaban J connectivity index is 2.82. The van der Waals surface area contributed by atoms with E-state index in [2.05, 4.69) is 0 Å². The van der Waals surface area contributed by atoms with Gasteiger partial charge >= 0.3 is 98.1 Å². The maximum absolute atomic E-state index is 11.4. The molecule has 0 aliphatic rings. The third-order valence-electron chi connectivity index (χ3n) is 1.42. The van der Waals surface area contributed by atoms with Crippen LogP contribution >= 0.6 is 23.2 Å². The second kappa shape index (κ2) is 5.38. The van der Waals surface area contributed by atoms with Gasteiger partial charge in [0.25, 0.3) is 0 Å². The van der Waals surface area contributed by atoms with E-state index >= 15 is 0 Å². The molecule has 0 saturated heterocycles. The van der Waals surface area contributed by atoms with Gasteiger partial charge < -0.3 is 0 Å². The monoisotopic (exact) mass is 293 g/mol. The number of carbonyl (C=O) groups is 1. The standard InChI is InChI=1S/C9H5Cl2NOSe/c10-7-2-1-6(5-8(7)11)9(13)14-4-3-12/h1-2,5H,4H2. The van der Waals surface area contributed by atoms with Gasteiger partial charge in [-0.1, -0.05) is 0 Å². The van der Waals surface area contributed by atoms with Gasteiger partial charge in [0.15, 0.2) is 0 Å². The van der Waals surface area contributed by atoms with Crippen molar-refractivity contribution in [2.24, 2.45) is 0 Å². The summed E-state index contributed by atoms with van der Waals surface area (Å²) >= 11 is 11.1. The van der Waals surface area contributed by atoms with Gasteiger partial charge in [-0.2, -0.15) is 0 Å². The van der Waals surface area contributed by atoms with E-state index in [1.165, 1.54) is 6.07 Å². The molecule has 72 valence electrons. The van der Waals surface area contributed by atoms with Crippen LogP contribution < -0.4 is 0 Å². The Hall–Kier alpha value is -0.521. The van der Waals surface area contributed by atoms with Crippen molar-refractivity contribution in [2.75, 3.05) is 0 Å². The van der Waals surface area contributed by atoms with Crippen LogP contribution in [-0.2, 0) is 0 Å². The van der Waals surface area contributed by atoms with Crippen LogP contribution in [0.5, 0.6) is 0 Å². The molecule has 1 rings (SSSR count). The van der Waals surface area contributed by atoms with Crippen molar-refractivity contribution in [3.63, 3.8) is 0 Å². The first-order valence-corrected chi connectivity index (χ1v) is 6.46. The maximum atomic E-state index is 11.4. The van der Waals surface area contributed by atoms with Crippen LogP contribution in [0.25, 0.3) is 0 Å². The van der Waals surface area contributed by atoms with Crippen LogP contribution in [0.1, 0.15) is 10.4 Å². The second-order valence-corrected chi connectivity index (χ2v) is 5.17. The van der Waals surface area contributed by atoms with Gasteiger partial charge in [-0.3, -0.25) is 0 Å². The van der Waals surface area contributed by atoms with Gasteiger partial charge in [-0.25, -0.2) is 0 Å². The van der Waals surface area contributed by atoms with Gasteiger partial charge in [0.2, 0.25) is 0 Å². The van der Waals surface area contributed by atoms with E-state index < -0.39 is 0 Å². The van der Waals surface area contributed by atoms with Crippen molar-refractivity contribution in [3.05, 3.63) is 33.8 Å². The number of halogens is 2. The first-order chi connectivity index (χ1) is 6.65. The molecule has 0 atom stereocenters. The molecule has 0 radical (unpaired) electrons. The summed E-state index contributed by atoms with van der Waals surface area (Å²) in [4.78, 5) is 11.4. The first-order valence-electron chi connectivity index (χ1n) is 3.64. The molecule has 0 saturated carbocycles. The van der Waals surface area contributed by atoms with E-state index in [0.29, 0.717) is 15.6 Å². The van der Waals surface area contributed by atoms with Gasteiger partial charge in [0, 0.05) is 0 Å². The van der Waals surface area contributed by atoms with Gasteiger partial charge in [-0.05, 0) is 0 Å². The predicted octanol–water partition coefficient (Wildman–Crippen LogP) is 2.78. The molecule has 0 spiro atoms. The van der Waals surface area contributed by atoms with Crippen molar-refractivity contribution in [1.82, 2.24) is 0 Å². The Morgan fingerprint density at radius 1 is 1.43 bits per heavy atom. The molecule has 0 aromatic heterocycles. The van der Waals surface area contributed by atoms with Crippen LogP contribution in [0.3, 0.4) is 0 Å². The van der Waals surface area contributed by atoms with Crippen LogP contribution in [-0.4, -0.2) is 19.6 Å². The van der Waals surface area contributed by atoms with Gasteiger partial charge in [-0.15, -0.1) is 0 Å². The van der Waals surface area contributed by atoms with Crippen molar-refractivity contribution >= 4 is 42.8 Å². The summed E-state index contributed by atoms with van der Waals surface area (Å²) in [6.07, 6.45) is 0. The van der Waals surface area contributed by atoms with Gasteiger partial charge in [0.05, 0.1) is 0 Å². The average molecular weight is 293 g/mol. The van der Waals surface area contributed by atoms with Crippen molar-refractivity contribution in [2.45, 2.75) is 5.32 Å². The minimum atomic E-state index is -0.327. The van der Waals surface area contributed by atoms with E-state index in [1.807, 2.05) is 6.07 Å². The SMILES string of the molecule is N#CC[Se]C(=O)c1ccc(Cl)c(Cl)c1. The topological polar surface area (TPSA) is 40.9 Å². The van der Waals surface area contributed by atoms with Crippen molar-refractivity contribution < 1.29 is 4.79 Å². The summed E-state index contributed by atoms with van der Waals surface area (Å²) in [5.74, 6) is 0. The Morgan fingerprint density at radius 3 is 2.71 bits per heavy atom. The zero-order valence-corrected chi connectivity index (χ0v) is 10.2. The molecule has 0 unspecified atom stereocenters. The fourth-order valence-electron chi connectivity index (χ4n) is 0.804. The summed E-state index contributed by atoms with van der Waals surface area (Å²) in [6, 6.07) is 6.68. The molecule has 1 aromatic rings. The molecule has 0 aliphatic heterocycles. The molecule has 0 fully saturated rings. The van der Waals surface area contributed by atoms with E-state index in [1.54, 1.807) is 12.1 Å². The number of rotatable bonds is 3. The van der Waals surface area contributed by atoms with Crippen LogP contribution in [0, 0.1) is 11.3 Å². The van der Waals surface area contributed by atoms with Gasteiger partial charge in [0.1, 0.15) is 0 Å². The summed E-state index contributed by atoms with van der Waals surface area (Å²) < 4.78 is -0.0300. The molecule has 2 nitrogen and oxygen atoms in total. The zero-order valence-electron chi connectivity index (χ0n) is 6.96. The van der Waals surface area contributed by atoms with E-state index in [-0.39, 0.29) is 25.0 Å². The Morgan fingerprint density at radius 2 is 2.14 bits per heavy atom. The molecule has 0 bridgehead atoms. The number of benzene rings is 1. The third kappa shape index (κ3) is 3.01. The zero-order chi connectivity index (χ0) is 10.6. The number of nitriles is 1. The quantitative estimate of drug-likeness (QED) is 0.804. The van der Waals surface area contributed by atoms with Crippen LogP contribution in [0.15, 0.2) is 18.2 Å². The van der Waals surface area contributed by atoms with E-state index in [0.717, 1.165) is 0 Å². The molecule has 0 amide bonds. The Kier molecular flexibility index (Phi) is 4.44. The summed E-state index contributed by atoms with van der Waals surface area (Å²) in [6.45, 7) is 0. The predicted molar refractivity (Wildman–Crippen MR) is 57.0 cm³/mol. The fourth-order valence-corrected chi connectivity index (χ4v) is 2.13. The van der Waals surface area contributed by atoms with Crippen LogP contribution in [0.2, 0.25) is 15.4 Å². The average Bonchev–Trinajstić information content (AvgIpc) is 2.18. The Labute approximate surface area is 98.0 Å². The summed E-state index contributed by atoms with van der Waals surface area (Å²) in [5, 5.41) is 9.40. The van der Waals surface area contributed by atoms with E-state index in [9.17, 15) is 4.79 Å². The molecule has 0 aliphatic carbocycles. The minimum absolute atomic E-state index is 0.0300. The Bertz CT molecular complexity index is 400. The summed E-state index contributed by atoms with van der Waals surface area (Å²) in [5.41, 5.74) is 0.523. The number of hydrogen-bond acceptors (Lipinski definition) is 2. The van der Waals surface area contributed by atoms with Crippen molar-refractivity contribution in [3.8, 4) is 6.07 Å². The summed E-state index contributed by atoms with van der Waals surface area (Å²) in [7, 11) is 0. The first kappa shape index (κ1) is 11.6. The van der Waals surface area contributed by atoms with E-state index in [4.69, 9.17) is 28.5 Å². The number of hydrogen-bond donors (Lipinski definition) is 0. The van der Waals surface area contributed by atoms with Crippen LogP contribution in [0.4, 0.5) is 0 Å². The third-order valence-corrected chi connectivity index (χ3v) is 3.78. The number of nitrogens with zero attached hydrogens (tertiary/aromatic N) is 1. The molecule has 0 N–H and O–H groups in total. The molecule has 5 heteroatoms. The number of carbonyl (C=O) groups excluding carboxylic acids is 1. The normalized spacial score (nSPS) is 9.50. The second-order valence-electron chi connectivity index (χ2n) is 2.36. The van der Waals surface area contributed by atoms with Crippen molar-refractivity contribution in [1.29, 1.82) is 5.26 Å². The molecule has 1 aromatic carbocycles. The molecular weight excluding hydrogens is 288 g/mol. The fraction of sp³-hybridized carbons (Fsp3) is 0.111. The molecular formula is C9H5Cl2NOSe.